The number of unbranched alkanes of at least 4 members (excludes halogenated alkanes) is 3. The zero-order chi connectivity index (χ0) is 16.7. The summed E-state index contributed by atoms with van der Waals surface area (Å²) in [5.41, 5.74) is 0. The van der Waals surface area contributed by atoms with Gasteiger partial charge in [0.2, 0.25) is 0 Å². The highest BCUT2D eigenvalue weighted by Crippen LogP contribution is 2.38. The Hall–Kier alpha value is -1.35. The summed E-state index contributed by atoms with van der Waals surface area (Å²) in [6.07, 6.45) is 4.22. The summed E-state index contributed by atoms with van der Waals surface area (Å²) in [4.78, 5) is 18.6. The van der Waals surface area contributed by atoms with Crippen LogP contribution in [0.3, 0.4) is 0 Å². The minimum Gasteiger partial charge on any atom is -0.489 e. The van der Waals surface area contributed by atoms with Gasteiger partial charge in [-0.25, -0.2) is 0 Å². The van der Waals surface area contributed by atoms with Crippen molar-refractivity contribution in [2.45, 2.75) is 45.1 Å². The van der Waals surface area contributed by atoms with Crippen molar-refractivity contribution in [2.24, 2.45) is 0 Å². The Bertz CT molecular complexity index is 660. The molecular formula is C18H25O4P. The summed E-state index contributed by atoms with van der Waals surface area (Å²) in [5, 5.41) is 2.03. The lowest BCUT2D eigenvalue weighted by molar-refractivity contribution is 0.202. The van der Waals surface area contributed by atoms with Gasteiger partial charge in [0.15, 0.2) is 0 Å². The fourth-order valence-electron chi connectivity index (χ4n) is 2.73. The lowest BCUT2D eigenvalue weighted by Crippen LogP contribution is -2.21. The second-order valence-corrected chi connectivity index (χ2v) is 7.61. The van der Waals surface area contributed by atoms with E-state index in [-0.39, 0.29) is 6.16 Å². The Morgan fingerprint density at radius 3 is 2.52 bits per heavy atom. The third-order valence-electron chi connectivity index (χ3n) is 3.86. The van der Waals surface area contributed by atoms with E-state index in [1.54, 1.807) is 0 Å². The van der Waals surface area contributed by atoms with Crippen LogP contribution < -0.4 is 4.74 Å². The molecule has 2 rings (SSSR count). The zero-order valence-corrected chi connectivity index (χ0v) is 14.4. The molecule has 0 saturated heterocycles. The minimum atomic E-state index is -4.10. The molecule has 2 aromatic carbocycles. The highest BCUT2D eigenvalue weighted by molar-refractivity contribution is 7.51. The summed E-state index contributed by atoms with van der Waals surface area (Å²) in [7, 11) is -4.10. The molecule has 0 aliphatic heterocycles. The van der Waals surface area contributed by atoms with Gasteiger partial charge in [0, 0.05) is 5.39 Å². The molecule has 1 unspecified atom stereocenters. The van der Waals surface area contributed by atoms with Crippen LogP contribution in [0.5, 0.6) is 5.75 Å². The molecule has 0 spiro atoms. The Morgan fingerprint density at radius 2 is 1.78 bits per heavy atom. The van der Waals surface area contributed by atoms with Gasteiger partial charge in [0.25, 0.3) is 0 Å². The first kappa shape index (κ1) is 18.0. The first-order valence-corrected chi connectivity index (χ1v) is 9.98. The standard InChI is InChI=1S/C18H25O4P/c1-2-3-4-5-11-16(14-23(19,20)21)22-18-13-8-10-15-9-6-7-12-17(15)18/h6-10,12-13,16H,2-5,11,14H2,1H3,(H2,19,20,21). The van der Waals surface area contributed by atoms with Gasteiger partial charge in [0.1, 0.15) is 11.9 Å². The number of fused-ring (bicyclic) bond motifs is 1. The fraction of sp³-hybridized carbons (Fsp3) is 0.444. The topological polar surface area (TPSA) is 66.8 Å². The fourth-order valence-corrected chi connectivity index (χ4v) is 3.52. The maximum Gasteiger partial charge on any atom is 0.329 e. The van der Waals surface area contributed by atoms with E-state index in [9.17, 15) is 14.4 Å². The Labute approximate surface area is 137 Å². The van der Waals surface area contributed by atoms with E-state index < -0.39 is 13.7 Å². The van der Waals surface area contributed by atoms with Gasteiger partial charge in [-0.05, 0) is 24.3 Å². The largest absolute Gasteiger partial charge is 0.489 e. The van der Waals surface area contributed by atoms with Gasteiger partial charge in [-0.15, -0.1) is 0 Å². The van der Waals surface area contributed by atoms with E-state index in [0.717, 1.165) is 36.5 Å². The van der Waals surface area contributed by atoms with Crippen LogP contribution in [-0.4, -0.2) is 22.1 Å². The van der Waals surface area contributed by atoms with Crippen LogP contribution in [0.15, 0.2) is 42.5 Å². The Morgan fingerprint density at radius 1 is 1.04 bits per heavy atom. The minimum absolute atomic E-state index is 0.234. The second kappa shape index (κ2) is 8.49. The van der Waals surface area contributed by atoms with Crippen LogP contribution >= 0.6 is 7.60 Å². The molecule has 0 heterocycles. The Kier molecular flexibility index (Phi) is 6.64. The van der Waals surface area contributed by atoms with E-state index in [2.05, 4.69) is 6.92 Å². The van der Waals surface area contributed by atoms with E-state index in [0.29, 0.717) is 12.2 Å². The van der Waals surface area contributed by atoms with Crippen LogP contribution in [-0.2, 0) is 4.57 Å². The van der Waals surface area contributed by atoms with Crippen molar-refractivity contribution in [3.8, 4) is 5.75 Å². The molecular weight excluding hydrogens is 311 g/mol. The molecule has 1 atom stereocenters. The summed E-state index contributed by atoms with van der Waals surface area (Å²) < 4.78 is 17.4. The second-order valence-electron chi connectivity index (χ2n) is 5.91. The average molecular weight is 336 g/mol. The van der Waals surface area contributed by atoms with Crippen molar-refractivity contribution in [3.63, 3.8) is 0 Å². The van der Waals surface area contributed by atoms with E-state index in [1.807, 2.05) is 42.5 Å². The molecule has 2 aromatic rings. The molecule has 0 fully saturated rings. The van der Waals surface area contributed by atoms with Crippen LogP contribution in [0.4, 0.5) is 0 Å². The van der Waals surface area contributed by atoms with Crippen molar-refractivity contribution >= 4 is 18.4 Å². The van der Waals surface area contributed by atoms with Gasteiger partial charge >= 0.3 is 7.60 Å². The maximum absolute atomic E-state index is 11.4. The first-order valence-electron chi connectivity index (χ1n) is 8.18. The zero-order valence-electron chi connectivity index (χ0n) is 13.5. The van der Waals surface area contributed by atoms with Crippen molar-refractivity contribution in [1.82, 2.24) is 0 Å². The summed E-state index contributed by atoms with van der Waals surface area (Å²) >= 11 is 0. The molecule has 0 bridgehead atoms. The maximum atomic E-state index is 11.4. The molecule has 0 aliphatic carbocycles. The molecule has 0 aliphatic rings. The molecule has 0 saturated carbocycles. The van der Waals surface area contributed by atoms with Crippen LogP contribution in [0.2, 0.25) is 0 Å². The summed E-state index contributed by atoms with van der Waals surface area (Å²) in [5.74, 6) is 0.692. The number of ether oxygens (including phenoxy) is 1. The molecule has 0 amide bonds. The predicted octanol–water partition coefficient (Wildman–Crippen LogP) is 4.74. The van der Waals surface area contributed by atoms with E-state index in [1.165, 1.54) is 0 Å². The van der Waals surface area contributed by atoms with Gasteiger partial charge in [0.05, 0.1) is 6.16 Å². The quantitative estimate of drug-likeness (QED) is 0.513. The van der Waals surface area contributed by atoms with Crippen molar-refractivity contribution < 1.29 is 19.1 Å². The van der Waals surface area contributed by atoms with E-state index in [4.69, 9.17) is 4.74 Å². The third-order valence-corrected chi connectivity index (χ3v) is 4.75. The van der Waals surface area contributed by atoms with Crippen LogP contribution in [0.25, 0.3) is 10.8 Å². The first-order chi connectivity index (χ1) is 11.0. The highest BCUT2D eigenvalue weighted by atomic mass is 31.2. The smallest absolute Gasteiger partial charge is 0.329 e. The lowest BCUT2D eigenvalue weighted by atomic mass is 10.1. The molecule has 2 N–H and O–H groups in total. The van der Waals surface area contributed by atoms with Crippen molar-refractivity contribution in [3.05, 3.63) is 42.5 Å². The monoisotopic (exact) mass is 336 g/mol. The number of hydrogen-bond donors (Lipinski definition) is 2. The third kappa shape index (κ3) is 5.98. The van der Waals surface area contributed by atoms with E-state index >= 15 is 0 Å². The molecule has 0 radical (unpaired) electrons. The highest BCUT2D eigenvalue weighted by Gasteiger charge is 2.23. The van der Waals surface area contributed by atoms with Crippen molar-refractivity contribution in [2.75, 3.05) is 6.16 Å². The molecule has 4 nitrogen and oxygen atoms in total. The van der Waals surface area contributed by atoms with Crippen LogP contribution in [0.1, 0.15) is 39.0 Å². The summed E-state index contributed by atoms with van der Waals surface area (Å²) in [6, 6.07) is 13.6. The normalized spacial score (nSPS) is 13.2. The molecule has 0 aromatic heterocycles. The van der Waals surface area contributed by atoms with Crippen LogP contribution in [0, 0.1) is 0 Å². The van der Waals surface area contributed by atoms with Gasteiger partial charge in [-0.1, -0.05) is 62.6 Å². The lowest BCUT2D eigenvalue weighted by Gasteiger charge is -2.21. The average Bonchev–Trinajstić information content (AvgIpc) is 2.50. The van der Waals surface area contributed by atoms with Gasteiger partial charge < -0.3 is 14.5 Å². The molecule has 126 valence electrons. The number of rotatable bonds is 9. The molecule has 23 heavy (non-hydrogen) atoms. The van der Waals surface area contributed by atoms with Crippen molar-refractivity contribution in [1.29, 1.82) is 0 Å². The number of hydrogen-bond acceptors (Lipinski definition) is 2. The Balaban J connectivity index is 2.13. The number of benzene rings is 2. The SMILES string of the molecule is CCCCCCC(CP(=O)(O)O)Oc1cccc2ccccc12. The molecule has 5 heteroatoms. The summed E-state index contributed by atoms with van der Waals surface area (Å²) in [6.45, 7) is 2.14. The predicted molar refractivity (Wildman–Crippen MR) is 94.0 cm³/mol. The van der Waals surface area contributed by atoms with Gasteiger partial charge in [-0.3, -0.25) is 4.57 Å². The van der Waals surface area contributed by atoms with Gasteiger partial charge in [-0.2, -0.15) is 0 Å².